The van der Waals surface area contributed by atoms with E-state index in [2.05, 4.69) is 54.5 Å². The van der Waals surface area contributed by atoms with Crippen molar-refractivity contribution in [3.63, 3.8) is 0 Å². The summed E-state index contributed by atoms with van der Waals surface area (Å²) in [5.74, 6) is 0.641. The molecule has 0 aromatic heterocycles. The van der Waals surface area contributed by atoms with Crippen LogP contribution in [-0.4, -0.2) is 37.6 Å². The van der Waals surface area contributed by atoms with Crippen molar-refractivity contribution in [1.82, 2.24) is 10.2 Å². The van der Waals surface area contributed by atoms with Crippen LogP contribution in [0.3, 0.4) is 0 Å². The summed E-state index contributed by atoms with van der Waals surface area (Å²) >= 11 is 0. The smallest absolute Gasteiger partial charge is 0.00884 e. The van der Waals surface area contributed by atoms with Gasteiger partial charge in [-0.1, -0.05) is 37.3 Å². The van der Waals surface area contributed by atoms with Gasteiger partial charge in [-0.15, -0.1) is 12.4 Å². The number of hydrogen-bond donors (Lipinski definition) is 1. The molecule has 2 nitrogen and oxygen atoms in total. The summed E-state index contributed by atoms with van der Waals surface area (Å²) in [5.41, 5.74) is 1.46. The molecule has 1 unspecified atom stereocenters. The van der Waals surface area contributed by atoms with E-state index in [9.17, 15) is 0 Å². The Balaban J connectivity index is 0.00000162. The monoisotopic (exact) mass is 268 g/mol. The molecule has 1 aliphatic rings. The zero-order chi connectivity index (χ0) is 12.1. The molecule has 0 aliphatic carbocycles. The van der Waals surface area contributed by atoms with Crippen LogP contribution in [0, 0.1) is 0 Å². The van der Waals surface area contributed by atoms with Gasteiger partial charge in [0.1, 0.15) is 0 Å². The van der Waals surface area contributed by atoms with Crippen LogP contribution in [0.5, 0.6) is 0 Å². The summed E-state index contributed by atoms with van der Waals surface area (Å²) in [6.07, 6.45) is 2.58. The Morgan fingerprint density at radius 1 is 1.22 bits per heavy atom. The molecule has 1 heterocycles. The molecule has 1 N–H and O–H groups in total. The highest BCUT2D eigenvalue weighted by Gasteiger charge is 2.19. The Bertz CT molecular complexity index is 321. The van der Waals surface area contributed by atoms with Gasteiger partial charge in [-0.3, -0.25) is 0 Å². The van der Waals surface area contributed by atoms with Crippen molar-refractivity contribution in [1.29, 1.82) is 0 Å². The van der Waals surface area contributed by atoms with E-state index in [-0.39, 0.29) is 12.4 Å². The molecule has 0 bridgehead atoms. The summed E-state index contributed by atoms with van der Waals surface area (Å²) in [6.45, 7) is 6.01. The Morgan fingerprint density at radius 3 is 2.39 bits per heavy atom. The maximum Gasteiger partial charge on any atom is 0.00884 e. The molecular formula is C15H25ClN2. The lowest BCUT2D eigenvalue weighted by atomic mass is 9.98. The highest BCUT2D eigenvalue weighted by Crippen LogP contribution is 2.18. The third-order valence-electron chi connectivity index (χ3n) is 3.90. The number of nitrogens with zero attached hydrogens (tertiary/aromatic N) is 1. The maximum atomic E-state index is 3.38. The number of hydrogen-bond acceptors (Lipinski definition) is 2. The summed E-state index contributed by atoms with van der Waals surface area (Å²) in [6, 6.07) is 11.6. The lowest BCUT2D eigenvalue weighted by Crippen LogP contribution is -2.42. The second-order valence-corrected chi connectivity index (χ2v) is 5.18. The second kappa shape index (κ2) is 7.78. The topological polar surface area (TPSA) is 15.3 Å². The Morgan fingerprint density at radius 2 is 1.83 bits per heavy atom. The molecule has 1 atom stereocenters. The molecule has 1 aromatic rings. The first-order valence-electron chi connectivity index (χ1n) is 6.74. The highest BCUT2D eigenvalue weighted by molar-refractivity contribution is 5.85. The van der Waals surface area contributed by atoms with Gasteiger partial charge >= 0.3 is 0 Å². The molecular weight excluding hydrogens is 244 g/mol. The number of rotatable bonds is 4. The minimum Gasteiger partial charge on any atom is -0.317 e. The highest BCUT2D eigenvalue weighted by atomic mass is 35.5. The third-order valence-corrected chi connectivity index (χ3v) is 3.90. The predicted molar refractivity (Wildman–Crippen MR) is 80.6 cm³/mol. The molecule has 2 rings (SSSR count). The molecule has 3 heteroatoms. The van der Waals surface area contributed by atoms with E-state index in [0.717, 1.165) is 6.04 Å². The van der Waals surface area contributed by atoms with Crippen molar-refractivity contribution in [2.24, 2.45) is 0 Å². The van der Waals surface area contributed by atoms with Crippen molar-refractivity contribution >= 4 is 12.4 Å². The van der Waals surface area contributed by atoms with E-state index in [1.54, 1.807) is 0 Å². The quantitative estimate of drug-likeness (QED) is 0.903. The Labute approximate surface area is 117 Å². The molecule has 1 aliphatic heterocycles. The fraction of sp³-hybridized carbons (Fsp3) is 0.600. The lowest BCUT2D eigenvalue weighted by molar-refractivity contribution is 0.194. The molecule has 0 saturated carbocycles. The zero-order valence-electron chi connectivity index (χ0n) is 11.4. The van der Waals surface area contributed by atoms with Crippen LogP contribution < -0.4 is 5.32 Å². The summed E-state index contributed by atoms with van der Waals surface area (Å²) < 4.78 is 0. The minimum atomic E-state index is 0. The Hall–Kier alpha value is -0.570. The first kappa shape index (κ1) is 15.5. The number of nitrogens with one attached hydrogen (secondary N) is 1. The summed E-state index contributed by atoms with van der Waals surface area (Å²) in [4.78, 5) is 2.60. The predicted octanol–water partition coefficient (Wildman–Crippen LogP) is 2.90. The lowest BCUT2D eigenvalue weighted by Gasteiger charge is -2.33. The fourth-order valence-electron chi connectivity index (χ4n) is 2.68. The molecule has 18 heavy (non-hydrogen) atoms. The number of piperidine rings is 1. The van der Waals surface area contributed by atoms with Gasteiger partial charge in [0, 0.05) is 12.6 Å². The fourth-order valence-corrected chi connectivity index (χ4v) is 2.68. The van der Waals surface area contributed by atoms with E-state index >= 15 is 0 Å². The van der Waals surface area contributed by atoms with Gasteiger partial charge in [-0.2, -0.15) is 0 Å². The summed E-state index contributed by atoms with van der Waals surface area (Å²) in [5, 5.41) is 3.38. The minimum absolute atomic E-state index is 0. The first-order chi connectivity index (χ1) is 8.29. The van der Waals surface area contributed by atoms with E-state index in [4.69, 9.17) is 0 Å². The number of likely N-dealkylation sites (tertiary alicyclic amines) is 1. The van der Waals surface area contributed by atoms with Gasteiger partial charge in [0.25, 0.3) is 0 Å². The van der Waals surface area contributed by atoms with Gasteiger partial charge in [0.15, 0.2) is 0 Å². The molecule has 0 amide bonds. The van der Waals surface area contributed by atoms with Crippen molar-refractivity contribution < 1.29 is 0 Å². The standard InChI is InChI=1S/C15H24N2.ClH/c1-13(14-6-4-3-5-7-14)12-17-10-8-15(16-2)9-11-17;/h3-7,13,15-16H,8-12H2,1-2H3;1H. The molecule has 1 saturated heterocycles. The Kier molecular flexibility index (Phi) is 6.69. The second-order valence-electron chi connectivity index (χ2n) is 5.18. The van der Waals surface area contributed by atoms with E-state index < -0.39 is 0 Å². The van der Waals surface area contributed by atoms with E-state index in [1.165, 1.54) is 38.0 Å². The van der Waals surface area contributed by atoms with Crippen molar-refractivity contribution in [2.75, 3.05) is 26.7 Å². The van der Waals surface area contributed by atoms with Crippen LogP contribution in [0.4, 0.5) is 0 Å². The molecule has 0 spiro atoms. The van der Waals surface area contributed by atoms with Gasteiger partial charge in [-0.05, 0) is 44.5 Å². The molecule has 0 radical (unpaired) electrons. The van der Waals surface area contributed by atoms with E-state index in [1.807, 2.05) is 0 Å². The average Bonchev–Trinajstić information content (AvgIpc) is 2.40. The van der Waals surface area contributed by atoms with Gasteiger partial charge in [0.2, 0.25) is 0 Å². The van der Waals surface area contributed by atoms with Crippen molar-refractivity contribution in [3.8, 4) is 0 Å². The maximum absolute atomic E-state index is 3.38. The largest absolute Gasteiger partial charge is 0.317 e. The third kappa shape index (κ3) is 4.27. The van der Waals surface area contributed by atoms with Crippen LogP contribution in [-0.2, 0) is 0 Å². The number of benzene rings is 1. The molecule has 1 aromatic carbocycles. The van der Waals surface area contributed by atoms with Crippen LogP contribution in [0.1, 0.15) is 31.2 Å². The van der Waals surface area contributed by atoms with E-state index in [0.29, 0.717) is 5.92 Å². The summed E-state index contributed by atoms with van der Waals surface area (Å²) in [7, 11) is 2.08. The zero-order valence-corrected chi connectivity index (χ0v) is 12.2. The molecule has 1 fully saturated rings. The molecule has 102 valence electrons. The van der Waals surface area contributed by atoms with Crippen molar-refractivity contribution in [2.45, 2.75) is 31.7 Å². The first-order valence-corrected chi connectivity index (χ1v) is 6.74. The average molecular weight is 269 g/mol. The van der Waals surface area contributed by atoms with Crippen LogP contribution in [0.25, 0.3) is 0 Å². The number of halogens is 1. The SMILES string of the molecule is CNC1CCN(CC(C)c2ccccc2)CC1.Cl. The van der Waals surface area contributed by atoms with Crippen molar-refractivity contribution in [3.05, 3.63) is 35.9 Å². The normalized spacial score (nSPS) is 19.2. The van der Waals surface area contributed by atoms with Gasteiger partial charge in [-0.25, -0.2) is 0 Å². The van der Waals surface area contributed by atoms with Gasteiger partial charge in [0.05, 0.1) is 0 Å². The van der Waals surface area contributed by atoms with Crippen LogP contribution >= 0.6 is 12.4 Å². The van der Waals surface area contributed by atoms with Crippen LogP contribution in [0.15, 0.2) is 30.3 Å². The van der Waals surface area contributed by atoms with Gasteiger partial charge < -0.3 is 10.2 Å². The van der Waals surface area contributed by atoms with Crippen LogP contribution in [0.2, 0.25) is 0 Å².